The highest BCUT2D eigenvalue weighted by Gasteiger charge is 2.16. The molecule has 0 aromatic heterocycles. The van der Waals surface area contributed by atoms with Crippen LogP contribution in [0.3, 0.4) is 0 Å². The zero-order valence-corrected chi connectivity index (χ0v) is 11.3. The monoisotopic (exact) mass is 242 g/mol. The molecule has 1 amide bonds. The fourth-order valence-electron chi connectivity index (χ4n) is 2.14. The molecular weight excluding hydrogens is 216 g/mol. The van der Waals surface area contributed by atoms with Gasteiger partial charge in [0.05, 0.1) is 0 Å². The third-order valence-electron chi connectivity index (χ3n) is 2.95. The number of carbonyl (C=O) groups is 1. The number of amides is 1. The summed E-state index contributed by atoms with van der Waals surface area (Å²) >= 11 is 0. The highest BCUT2D eigenvalue weighted by molar-refractivity contribution is 5.66. The first kappa shape index (κ1) is 14.3. The van der Waals surface area contributed by atoms with E-state index < -0.39 is 11.7 Å². The first-order valence-electron chi connectivity index (χ1n) is 6.69. The summed E-state index contributed by atoms with van der Waals surface area (Å²) in [4.78, 5) is 11.4. The second kappa shape index (κ2) is 6.84. The third-order valence-corrected chi connectivity index (χ3v) is 2.95. The molecule has 1 saturated carbocycles. The van der Waals surface area contributed by atoms with Crippen LogP contribution in [0.15, 0.2) is 0 Å². The topological polar surface area (TPSA) is 50.4 Å². The summed E-state index contributed by atoms with van der Waals surface area (Å²) < 4.78 is 5.14. The second-order valence-corrected chi connectivity index (χ2v) is 5.87. The number of rotatable bonds is 3. The summed E-state index contributed by atoms with van der Waals surface area (Å²) in [7, 11) is 0. The molecule has 0 atom stereocenters. The van der Waals surface area contributed by atoms with Crippen LogP contribution in [0.5, 0.6) is 0 Å². The van der Waals surface area contributed by atoms with Crippen molar-refractivity contribution in [2.45, 2.75) is 64.9 Å². The van der Waals surface area contributed by atoms with E-state index in [-0.39, 0.29) is 0 Å². The lowest BCUT2D eigenvalue weighted by Gasteiger charge is -2.21. The fourth-order valence-corrected chi connectivity index (χ4v) is 2.14. The number of ether oxygens (including phenoxy) is 1. The Morgan fingerprint density at radius 2 is 1.76 bits per heavy atom. The molecule has 4 nitrogen and oxygen atoms in total. The Bertz CT molecular complexity index is 228. The molecule has 0 aromatic rings. The first-order chi connectivity index (χ1) is 7.97. The van der Waals surface area contributed by atoms with E-state index >= 15 is 0 Å². The lowest BCUT2D eigenvalue weighted by Crippen LogP contribution is -2.43. The zero-order chi connectivity index (χ0) is 12.7. The summed E-state index contributed by atoms with van der Waals surface area (Å²) in [5.74, 6) is 0.687. The minimum absolute atomic E-state index is 0.397. The van der Waals surface area contributed by atoms with Gasteiger partial charge in [0.1, 0.15) is 5.60 Å². The van der Waals surface area contributed by atoms with Gasteiger partial charge in [0.2, 0.25) is 0 Å². The van der Waals surface area contributed by atoms with Gasteiger partial charge in [0.25, 0.3) is 0 Å². The molecule has 0 radical (unpaired) electrons. The Morgan fingerprint density at radius 1 is 1.18 bits per heavy atom. The van der Waals surface area contributed by atoms with Crippen molar-refractivity contribution in [2.24, 2.45) is 5.92 Å². The van der Waals surface area contributed by atoms with Crippen molar-refractivity contribution in [3.05, 3.63) is 0 Å². The van der Waals surface area contributed by atoms with Crippen LogP contribution in [0.2, 0.25) is 0 Å². The number of hydrogen-bond acceptors (Lipinski definition) is 3. The van der Waals surface area contributed by atoms with Crippen LogP contribution in [-0.2, 0) is 4.74 Å². The maximum atomic E-state index is 11.4. The van der Waals surface area contributed by atoms with Gasteiger partial charge >= 0.3 is 6.09 Å². The average Bonchev–Trinajstić information content (AvgIpc) is 2.43. The minimum atomic E-state index is -0.436. The van der Waals surface area contributed by atoms with Gasteiger partial charge in [0, 0.05) is 6.54 Å². The highest BCUT2D eigenvalue weighted by Crippen LogP contribution is 2.21. The van der Waals surface area contributed by atoms with Gasteiger partial charge < -0.3 is 4.74 Å². The maximum absolute atomic E-state index is 11.4. The van der Waals surface area contributed by atoms with Crippen LogP contribution in [0.1, 0.15) is 59.3 Å². The highest BCUT2D eigenvalue weighted by atomic mass is 16.6. The lowest BCUT2D eigenvalue weighted by atomic mass is 10.0. The van der Waals surface area contributed by atoms with Crippen molar-refractivity contribution >= 4 is 6.09 Å². The molecule has 1 fully saturated rings. The molecule has 4 heteroatoms. The Kier molecular flexibility index (Phi) is 5.75. The van der Waals surface area contributed by atoms with E-state index in [1.165, 1.54) is 38.5 Å². The molecule has 2 N–H and O–H groups in total. The van der Waals surface area contributed by atoms with Crippen molar-refractivity contribution in [1.29, 1.82) is 0 Å². The van der Waals surface area contributed by atoms with E-state index in [4.69, 9.17) is 4.74 Å². The van der Waals surface area contributed by atoms with E-state index in [2.05, 4.69) is 10.9 Å². The van der Waals surface area contributed by atoms with E-state index in [1.807, 2.05) is 20.8 Å². The quantitative estimate of drug-likeness (QED) is 0.591. The van der Waals surface area contributed by atoms with Crippen LogP contribution in [0.4, 0.5) is 4.79 Å². The molecule has 100 valence electrons. The first-order valence-corrected chi connectivity index (χ1v) is 6.69. The smallest absolute Gasteiger partial charge is 0.422 e. The van der Waals surface area contributed by atoms with E-state index in [0.29, 0.717) is 5.92 Å². The number of carbonyl (C=O) groups excluding carboxylic acids is 1. The summed E-state index contributed by atoms with van der Waals surface area (Å²) in [6, 6.07) is 0. The normalized spacial score (nSPS) is 18.5. The predicted molar refractivity (Wildman–Crippen MR) is 68.6 cm³/mol. The number of nitrogens with one attached hydrogen (secondary N) is 2. The van der Waals surface area contributed by atoms with Crippen molar-refractivity contribution in [3.63, 3.8) is 0 Å². The fraction of sp³-hybridized carbons (Fsp3) is 0.923. The summed E-state index contributed by atoms with van der Waals surface area (Å²) in [5, 5.41) is 0. The third kappa shape index (κ3) is 7.21. The van der Waals surface area contributed by atoms with Crippen LogP contribution < -0.4 is 10.9 Å². The summed E-state index contributed by atoms with van der Waals surface area (Å²) in [5.41, 5.74) is 5.14. The zero-order valence-electron chi connectivity index (χ0n) is 11.3. The SMILES string of the molecule is CC(C)(C)OC(=O)NNCC1CCCCCC1. The molecule has 1 rings (SSSR count). The van der Waals surface area contributed by atoms with Gasteiger partial charge in [0.15, 0.2) is 0 Å². The van der Waals surface area contributed by atoms with Crippen molar-refractivity contribution in [1.82, 2.24) is 10.9 Å². The molecular formula is C13H26N2O2. The molecule has 0 saturated heterocycles. The molecule has 1 aliphatic rings. The van der Waals surface area contributed by atoms with E-state index in [1.54, 1.807) is 0 Å². The van der Waals surface area contributed by atoms with Gasteiger partial charge in [-0.3, -0.25) is 5.43 Å². The second-order valence-electron chi connectivity index (χ2n) is 5.87. The molecule has 0 spiro atoms. The predicted octanol–water partition coefficient (Wildman–Crippen LogP) is 2.99. The lowest BCUT2D eigenvalue weighted by molar-refractivity contribution is 0.0494. The molecule has 0 unspecified atom stereocenters. The molecule has 1 aliphatic carbocycles. The summed E-state index contributed by atoms with van der Waals surface area (Å²) in [6.07, 6.45) is 7.49. The molecule has 0 aliphatic heterocycles. The van der Waals surface area contributed by atoms with Gasteiger partial charge in [-0.15, -0.1) is 0 Å². The Morgan fingerprint density at radius 3 is 2.29 bits per heavy atom. The largest absolute Gasteiger partial charge is 0.443 e. The summed E-state index contributed by atoms with van der Waals surface area (Å²) in [6.45, 7) is 6.42. The Hall–Kier alpha value is -0.770. The molecule has 17 heavy (non-hydrogen) atoms. The van der Waals surface area contributed by atoms with Crippen molar-refractivity contribution < 1.29 is 9.53 Å². The minimum Gasteiger partial charge on any atom is -0.443 e. The van der Waals surface area contributed by atoms with Gasteiger partial charge in [-0.1, -0.05) is 25.7 Å². The molecule has 0 heterocycles. The number of hydrogen-bond donors (Lipinski definition) is 2. The molecule has 0 bridgehead atoms. The van der Waals surface area contributed by atoms with Gasteiger partial charge in [-0.2, -0.15) is 0 Å². The van der Waals surface area contributed by atoms with E-state index in [9.17, 15) is 4.79 Å². The maximum Gasteiger partial charge on any atom is 0.422 e. The van der Waals surface area contributed by atoms with Crippen molar-refractivity contribution in [2.75, 3.05) is 6.54 Å². The van der Waals surface area contributed by atoms with Gasteiger partial charge in [-0.25, -0.2) is 10.2 Å². The van der Waals surface area contributed by atoms with Gasteiger partial charge in [-0.05, 0) is 39.5 Å². The Balaban J connectivity index is 2.12. The Labute approximate surface area is 104 Å². The van der Waals surface area contributed by atoms with Crippen LogP contribution in [0, 0.1) is 5.92 Å². The van der Waals surface area contributed by atoms with Crippen molar-refractivity contribution in [3.8, 4) is 0 Å². The average molecular weight is 242 g/mol. The molecule has 0 aromatic carbocycles. The van der Waals surface area contributed by atoms with Crippen LogP contribution >= 0.6 is 0 Å². The van der Waals surface area contributed by atoms with Crippen LogP contribution in [-0.4, -0.2) is 18.2 Å². The van der Waals surface area contributed by atoms with Crippen LogP contribution in [0.25, 0.3) is 0 Å². The number of hydrazine groups is 1. The van der Waals surface area contributed by atoms with E-state index in [0.717, 1.165) is 6.54 Å². The standard InChI is InChI=1S/C13H26N2O2/c1-13(2,3)17-12(16)15-14-10-11-8-6-4-5-7-9-11/h11,14H,4-10H2,1-3H3,(H,15,16).